The molecule has 3 nitrogen and oxygen atoms in total. The van der Waals surface area contributed by atoms with Crippen LogP contribution in [0.15, 0.2) is 24.3 Å². The first-order valence-electron chi connectivity index (χ1n) is 6.08. The van der Waals surface area contributed by atoms with Crippen molar-refractivity contribution in [3.05, 3.63) is 35.4 Å². The van der Waals surface area contributed by atoms with Crippen molar-refractivity contribution in [1.82, 2.24) is 5.32 Å². The molecule has 1 aromatic rings. The molecule has 1 amide bonds. The Morgan fingerprint density at radius 3 is 2.35 bits per heavy atom. The first-order chi connectivity index (χ1) is 7.92. The third kappa shape index (κ3) is 5.00. The summed E-state index contributed by atoms with van der Waals surface area (Å²) in [4.78, 5) is 11.8. The van der Waals surface area contributed by atoms with Crippen molar-refractivity contribution in [2.75, 3.05) is 6.54 Å². The molecule has 0 unspecified atom stereocenters. The van der Waals surface area contributed by atoms with Crippen LogP contribution in [0, 0.1) is 0 Å². The van der Waals surface area contributed by atoms with E-state index in [1.54, 1.807) is 0 Å². The first-order valence-corrected chi connectivity index (χ1v) is 6.08. The van der Waals surface area contributed by atoms with Crippen molar-refractivity contribution in [1.29, 1.82) is 0 Å². The molecule has 0 aromatic heterocycles. The molecule has 3 N–H and O–H groups in total. The summed E-state index contributed by atoms with van der Waals surface area (Å²) >= 11 is 0. The van der Waals surface area contributed by atoms with Gasteiger partial charge in [0.15, 0.2) is 0 Å². The molecule has 0 fully saturated rings. The van der Waals surface area contributed by atoms with Crippen LogP contribution in [0.4, 0.5) is 0 Å². The molecule has 0 aliphatic carbocycles. The smallest absolute Gasteiger partial charge is 0.251 e. The van der Waals surface area contributed by atoms with E-state index in [2.05, 4.69) is 12.2 Å². The molecule has 94 valence electrons. The molecule has 0 bridgehead atoms. The van der Waals surface area contributed by atoms with Gasteiger partial charge >= 0.3 is 0 Å². The summed E-state index contributed by atoms with van der Waals surface area (Å²) in [6, 6.07) is 7.74. The summed E-state index contributed by atoms with van der Waals surface area (Å²) < 4.78 is 0. The number of carbonyl (C=O) groups is 1. The molecular weight excluding hydrogens is 212 g/mol. The summed E-state index contributed by atoms with van der Waals surface area (Å²) in [5.41, 5.74) is 7.39. The molecule has 0 saturated carbocycles. The summed E-state index contributed by atoms with van der Waals surface area (Å²) in [5.74, 6) is -0.0634. The standard InChI is InChI=1S/C14H22N2O/c1-4-5-11-6-8-12(9-7-11)13(17)16-10-14(2,3)15/h6-9H,4-5,10,15H2,1-3H3,(H,16,17). The molecule has 0 heterocycles. The molecule has 0 spiro atoms. The minimum Gasteiger partial charge on any atom is -0.350 e. The van der Waals surface area contributed by atoms with E-state index in [0.717, 1.165) is 12.8 Å². The molecule has 17 heavy (non-hydrogen) atoms. The van der Waals surface area contributed by atoms with Gasteiger partial charge < -0.3 is 11.1 Å². The maximum Gasteiger partial charge on any atom is 0.251 e. The summed E-state index contributed by atoms with van der Waals surface area (Å²) in [6.07, 6.45) is 2.17. The minimum absolute atomic E-state index is 0.0634. The lowest BCUT2D eigenvalue weighted by molar-refractivity contribution is 0.0946. The molecule has 0 aliphatic rings. The van der Waals surface area contributed by atoms with E-state index in [4.69, 9.17) is 5.73 Å². The molecule has 0 atom stereocenters. The van der Waals surface area contributed by atoms with Gasteiger partial charge in [-0.05, 0) is 38.0 Å². The van der Waals surface area contributed by atoms with Crippen LogP contribution in [0.3, 0.4) is 0 Å². The van der Waals surface area contributed by atoms with Crippen molar-refractivity contribution < 1.29 is 4.79 Å². The van der Waals surface area contributed by atoms with Crippen LogP contribution in [-0.2, 0) is 6.42 Å². The lowest BCUT2D eigenvalue weighted by atomic mass is 10.1. The van der Waals surface area contributed by atoms with Crippen molar-refractivity contribution in [3.63, 3.8) is 0 Å². The molecule has 1 aromatic carbocycles. The van der Waals surface area contributed by atoms with Gasteiger partial charge in [0.1, 0.15) is 0 Å². The second-order valence-electron chi connectivity index (χ2n) is 5.12. The van der Waals surface area contributed by atoms with Gasteiger partial charge in [0, 0.05) is 17.6 Å². The first kappa shape index (κ1) is 13.7. The Morgan fingerprint density at radius 2 is 1.88 bits per heavy atom. The number of benzene rings is 1. The topological polar surface area (TPSA) is 55.1 Å². The van der Waals surface area contributed by atoms with E-state index in [9.17, 15) is 4.79 Å². The average molecular weight is 234 g/mol. The third-order valence-electron chi connectivity index (χ3n) is 2.46. The number of aryl methyl sites for hydroxylation is 1. The Bertz CT molecular complexity index is 363. The Hall–Kier alpha value is -1.35. The van der Waals surface area contributed by atoms with Crippen molar-refractivity contribution in [2.24, 2.45) is 5.73 Å². The van der Waals surface area contributed by atoms with Gasteiger partial charge in [-0.15, -0.1) is 0 Å². The van der Waals surface area contributed by atoms with Gasteiger partial charge in [0.05, 0.1) is 0 Å². The van der Waals surface area contributed by atoms with Gasteiger partial charge in [-0.25, -0.2) is 0 Å². The van der Waals surface area contributed by atoms with Crippen molar-refractivity contribution >= 4 is 5.91 Å². The van der Waals surface area contributed by atoms with Crippen LogP contribution in [-0.4, -0.2) is 18.0 Å². The zero-order valence-electron chi connectivity index (χ0n) is 10.9. The fraction of sp³-hybridized carbons (Fsp3) is 0.500. The highest BCUT2D eigenvalue weighted by molar-refractivity contribution is 5.94. The van der Waals surface area contributed by atoms with Gasteiger partial charge in [0.2, 0.25) is 0 Å². The normalized spacial score (nSPS) is 11.3. The number of carbonyl (C=O) groups excluding carboxylic acids is 1. The Kier molecular flexibility index (Phi) is 4.70. The zero-order valence-corrected chi connectivity index (χ0v) is 10.9. The van der Waals surface area contributed by atoms with Crippen LogP contribution < -0.4 is 11.1 Å². The molecule has 3 heteroatoms. The monoisotopic (exact) mass is 234 g/mol. The van der Waals surface area contributed by atoms with Gasteiger partial charge in [-0.2, -0.15) is 0 Å². The number of nitrogens with one attached hydrogen (secondary N) is 1. The van der Waals surface area contributed by atoms with E-state index < -0.39 is 0 Å². The Morgan fingerprint density at radius 1 is 1.29 bits per heavy atom. The lowest BCUT2D eigenvalue weighted by Gasteiger charge is -2.18. The second-order valence-corrected chi connectivity index (χ2v) is 5.12. The second kappa shape index (κ2) is 5.82. The molecule has 0 saturated heterocycles. The number of amides is 1. The fourth-order valence-electron chi connectivity index (χ4n) is 1.52. The fourth-order valence-corrected chi connectivity index (χ4v) is 1.52. The van der Waals surface area contributed by atoms with Crippen molar-refractivity contribution in [2.45, 2.75) is 39.2 Å². The third-order valence-corrected chi connectivity index (χ3v) is 2.46. The largest absolute Gasteiger partial charge is 0.350 e. The quantitative estimate of drug-likeness (QED) is 0.819. The van der Waals surface area contributed by atoms with E-state index in [-0.39, 0.29) is 11.4 Å². The number of rotatable bonds is 5. The highest BCUT2D eigenvalue weighted by Gasteiger charge is 2.13. The Labute approximate surface area is 103 Å². The summed E-state index contributed by atoms with van der Waals surface area (Å²) in [5, 5.41) is 2.83. The van der Waals surface area contributed by atoms with Crippen LogP contribution >= 0.6 is 0 Å². The van der Waals surface area contributed by atoms with E-state index >= 15 is 0 Å². The Balaban J connectivity index is 2.57. The van der Waals surface area contributed by atoms with Crippen LogP contribution in [0.5, 0.6) is 0 Å². The van der Waals surface area contributed by atoms with E-state index in [1.165, 1.54) is 5.56 Å². The zero-order chi connectivity index (χ0) is 12.9. The average Bonchev–Trinajstić information content (AvgIpc) is 2.26. The number of hydrogen-bond donors (Lipinski definition) is 2. The van der Waals surface area contributed by atoms with Crippen LogP contribution in [0.1, 0.15) is 43.1 Å². The molecular formula is C14H22N2O. The minimum atomic E-state index is -0.377. The predicted octanol–water partition coefficient (Wildman–Crippen LogP) is 2.11. The van der Waals surface area contributed by atoms with Crippen LogP contribution in [0.2, 0.25) is 0 Å². The van der Waals surface area contributed by atoms with Crippen LogP contribution in [0.25, 0.3) is 0 Å². The van der Waals surface area contributed by atoms with Crippen molar-refractivity contribution in [3.8, 4) is 0 Å². The highest BCUT2D eigenvalue weighted by Crippen LogP contribution is 2.07. The molecule has 0 aliphatic heterocycles. The molecule has 1 rings (SSSR count). The lowest BCUT2D eigenvalue weighted by Crippen LogP contribution is -2.45. The van der Waals surface area contributed by atoms with E-state index in [0.29, 0.717) is 12.1 Å². The SMILES string of the molecule is CCCc1ccc(C(=O)NCC(C)(C)N)cc1. The number of nitrogens with two attached hydrogens (primary N) is 1. The van der Waals surface area contributed by atoms with E-state index in [1.807, 2.05) is 38.1 Å². The number of hydrogen-bond acceptors (Lipinski definition) is 2. The highest BCUT2D eigenvalue weighted by atomic mass is 16.1. The summed E-state index contributed by atoms with van der Waals surface area (Å²) in [6.45, 7) is 6.39. The predicted molar refractivity (Wildman–Crippen MR) is 71.0 cm³/mol. The maximum atomic E-state index is 11.8. The molecule has 0 radical (unpaired) electrons. The summed E-state index contributed by atoms with van der Waals surface area (Å²) in [7, 11) is 0. The van der Waals surface area contributed by atoms with Gasteiger partial charge in [-0.1, -0.05) is 25.5 Å². The van der Waals surface area contributed by atoms with Gasteiger partial charge in [0.25, 0.3) is 5.91 Å². The maximum absolute atomic E-state index is 11.8. The van der Waals surface area contributed by atoms with Gasteiger partial charge in [-0.3, -0.25) is 4.79 Å².